The van der Waals surface area contributed by atoms with Crippen molar-refractivity contribution in [1.29, 1.82) is 0 Å². The van der Waals surface area contributed by atoms with E-state index in [1.165, 1.54) is 11.8 Å². The quantitative estimate of drug-likeness (QED) is 0.385. The van der Waals surface area contributed by atoms with Gasteiger partial charge < -0.3 is 15.9 Å². The smallest absolute Gasteiger partial charge is 0.218 e. The summed E-state index contributed by atoms with van der Waals surface area (Å²) < 4.78 is 0. The van der Waals surface area contributed by atoms with Gasteiger partial charge in [0.05, 0.1) is 19.0 Å². The molecule has 0 aliphatic carbocycles. The number of amides is 1. The molecule has 7 heteroatoms. The predicted molar refractivity (Wildman–Crippen MR) is 76.0 cm³/mol. The SMILES string of the molecule is NC(=O)CCSCC(=O)CCCN(CCO)CCO. The Morgan fingerprint density at radius 3 is 2.21 bits per heavy atom. The largest absolute Gasteiger partial charge is 0.395 e. The highest BCUT2D eigenvalue weighted by Crippen LogP contribution is 2.05. The van der Waals surface area contributed by atoms with Crippen LogP contribution < -0.4 is 5.73 Å². The van der Waals surface area contributed by atoms with Gasteiger partial charge in [-0.1, -0.05) is 0 Å². The highest BCUT2D eigenvalue weighted by atomic mass is 32.2. The first kappa shape index (κ1) is 18.4. The highest BCUT2D eigenvalue weighted by Gasteiger charge is 2.06. The van der Waals surface area contributed by atoms with Crippen LogP contribution in [0.1, 0.15) is 19.3 Å². The van der Waals surface area contributed by atoms with Crippen LogP contribution in [0.2, 0.25) is 0 Å². The number of aliphatic hydroxyl groups excluding tert-OH is 2. The first-order valence-corrected chi connectivity index (χ1v) is 7.57. The van der Waals surface area contributed by atoms with E-state index >= 15 is 0 Å². The molecule has 0 rings (SSSR count). The number of carbonyl (C=O) groups excluding carboxylic acids is 2. The number of thioether (sulfide) groups is 1. The lowest BCUT2D eigenvalue weighted by atomic mass is 10.2. The van der Waals surface area contributed by atoms with Crippen LogP contribution in [0.15, 0.2) is 0 Å². The zero-order valence-corrected chi connectivity index (χ0v) is 12.0. The van der Waals surface area contributed by atoms with Crippen molar-refractivity contribution in [1.82, 2.24) is 4.90 Å². The van der Waals surface area contributed by atoms with Crippen LogP contribution in [0, 0.1) is 0 Å². The molecule has 0 aromatic carbocycles. The molecular weight excluding hydrogens is 268 g/mol. The number of Topliss-reactive ketones (excluding diaryl/α,β-unsaturated/α-hetero) is 1. The van der Waals surface area contributed by atoms with E-state index in [1.54, 1.807) is 0 Å². The van der Waals surface area contributed by atoms with Crippen LogP contribution in [-0.2, 0) is 9.59 Å². The maximum atomic E-state index is 11.5. The summed E-state index contributed by atoms with van der Waals surface area (Å²) in [6.07, 6.45) is 1.50. The minimum Gasteiger partial charge on any atom is -0.395 e. The summed E-state index contributed by atoms with van der Waals surface area (Å²) in [4.78, 5) is 23.9. The van der Waals surface area contributed by atoms with Crippen molar-refractivity contribution in [3.8, 4) is 0 Å². The van der Waals surface area contributed by atoms with Gasteiger partial charge in [-0.2, -0.15) is 11.8 Å². The average molecular weight is 292 g/mol. The molecule has 0 unspecified atom stereocenters. The Morgan fingerprint density at radius 2 is 1.68 bits per heavy atom. The number of ketones is 1. The maximum absolute atomic E-state index is 11.5. The van der Waals surface area contributed by atoms with Crippen molar-refractivity contribution in [3.63, 3.8) is 0 Å². The second kappa shape index (κ2) is 12.4. The van der Waals surface area contributed by atoms with Crippen LogP contribution in [-0.4, -0.2) is 71.2 Å². The molecule has 0 radical (unpaired) electrons. The lowest BCUT2D eigenvalue weighted by Crippen LogP contribution is -2.31. The molecular formula is C12H24N2O4S. The predicted octanol–water partition coefficient (Wildman–Crippen LogP) is -0.769. The van der Waals surface area contributed by atoms with Crippen molar-refractivity contribution in [2.45, 2.75) is 19.3 Å². The summed E-state index contributed by atoms with van der Waals surface area (Å²) in [5.74, 6) is 0.807. The minimum atomic E-state index is -0.344. The molecule has 0 bridgehead atoms. The van der Waals surface area contributed by atoms with Crippen LogP contribution in [0.4, 0.5) is 0 Å². The topological polar surface area (TPSA) is 104 Å². The van der Waals surface area contributed by atoms with E-state index in [1.807, 2.05) is 4.90 Å². The molecule has 0 aromatic rings. The molecule has 0 aromatic heterocycles. The number of nitrogens with zero attached hydrogens (tertiary/aromatic N) is 1. The van der Waals surface area contributed by atoms with E-state index in [9.17, 15) is 9.59 Å². The highest BCUT2D eigenvalue weighted by molar-refractivity contribution is 7.99. The maximum Gasteiger partial charge on any atom is 0.218 e. The van der Waals surface area contributed by atoms with Gasteiger partial charge in [-0.05, 0) is 13.0 Å². The average Bonchev–Trinajstić information content (AvgIpc) is 2.35. The van der Waals surface area contributed by atoms with Gasteiger partial charge in [-0.3, -0.25) is 14.5 Å². The third kappa shape index (κ3) is 12.2. The fourth-order valence-corrected chi connectivity index (χ4v) is 2.41. The zero-order valence-electron chi connectivity index (χ0n) is 11.2. The molecule has 0 saturated heterocycles. The second-order valence-electron chi connectivity index (χ2n) is 4.20. The van der Waals surface area contributed by atoms with Crippen LogP contribution in [0.5, 0.6) is 0 Å². The molecule has 6 nitrogen and oxygen atoms in total. The Hall–Kier alpha value is -0.630. The van der Waals surface area contributed by atoms with Gasteiger partial charge in [0.1, 0.15) is 5.78 Å². The number of aliphatic hydroxyl groups is 2. The molecule has 1 amide bonds. The van der Waals surface area contributed by atoms with Gasteiger partial charge in [0.2, 0.25) is 5.91 Å². The van der Waals surface area contributed by atoms with E-state index in [0.29, 0.717) is 44.0 Å². The molecule has 0 aliphatic rings. The molecule has 4 N–H and O–H groups in total. The number of hydrogen-bond acceptors (Lipinski definition) is 6. The standard InChI is InChI=1S/C12H24N2O4S/c13-12(18)3-9-19-10-11(17)2-1-4-14(5-7-15)6-8-16/h15-16H,1-10H2,(H2,13,18). The molecule has 0 heterocycles. The van der Waals surface area contributed by atoms with E-state index in [0.717, 1.165) is 6.42 Å². The summed E-state index contributed by atoms with van der Waals surface area (Å²) in [6.45, 7) is 1.83. The van der Waals surface area contributed by atoms with Gasteiger partial charge in [-0.25, -0.2) is 0 Å². The van der Waals surface area contributed by atoms with Crippen molar-refractivity contribution in [2.75, 3.05) is 44.4 Å². The molecule has 0 spiro atoms. The number of rotatable bonds is 13. The Kier molecular flexibility index (Phi) is 12.0. The van der Waals surface area contributed by atoms with E-state index in [4.69, 9.17) is 15.9 Å². The fourth-order valence-electron chi connectivity index (χ4n) is 1.55. The Morgan fingerprint density at radius 1 is 1.05 bits per heavy atom. The van der Waals surface area contributed by atoms with Crippen molar-refractivity contribution in [3.05, 3.63) is 0 Å². The van der Waals surface area contributed by atoms with E-state index in [-0.39, 0.29) is 24.9 Å². The summed E-state index contributed by atoms with van der Waals surface area (Å²) in [7, 11) is 0. The minimum absolute atomic E-state index is 0.0525. The zero-order chi connectivity index (χ0) is 14.5. The van der Waals surface area contributed by atoms with Crippen LogP contribution in [0.25, 0.3) is 0 Å². The molecule has 112 valence electrons. The molecule has 0 fully saturated rings. The number of carbonyl (C=O) groups is 2. The fraction of sp³-hybridized carbons (Fsp3) is 0.833. The second-order valence-corrected chi connectivity index (χ2v) is 5.31. The lowest BCUT2D eigenvalue weighted by Gasteiger charge is -2.19. The third-order valence-corrected chi connectivity index (χ3v) is 3.54. The first-order chi connectivity index (χ1) is 9.10. The summed E-state index contributed by atoms with van der Waals surface area (Å²) >= 11 is 1.43. The monoisotopic (exact) mass is 292 g/mol. The normalized spacial score (nSPS) is 10.9. The van der Waals surface area contributed by atoms with Crippen molar-refractivity contribution >= 4 is 23.5 Å². The van der Waals surface area contributed by atoms with Gasteiger partial charge in [0, 0.05) is 31.7 Å². The van der Waals surface area contributed by atoms with Gasteiger partial charge in [0.15, 0.2) is 0 Å². The Labute approximate surface area is 118 Å². The van der Waals surface area contributed by atoms with Crippen LogP contribution >= 0.6 is 11.8 Å². The van der Waals surface area contributed by atoms with Crippen molar-refractivity contribution in [2.24, 2.45) is 5.73 Å². The molecule has 19 heavy (non-hydrogen) atoms. The lowest BCUT2D eigenvalue weighted by molar-refractivity contribution is -0.118. The van der Waals surface area contributed by atoms with Gasteiger partial charge in [0.25, 0.3) is 0 Å². The Balaban J connectivity index is 3.57. The summed E-state index contributed by atoms with van der Waals surface area (Å²) in [5.41, 5.74) is 5.00. The number of nitrogens with two attached hydrogens (primary N) is 1. The molecule has 0 saturated carbocycles. The number of primary amides is 1. The summed E-state index contributed by atoms with van der Waals surface area (Å²) in [5, 5.41) is 17.7. The van der Waals surface area contributed by atoms with E-state index < -0.39 is 0 Å². The van der Waals surface area contributed by atoms with E-state index in [2.05, 4.69) is 0 Å². The first-order valence-electron chi connectivity index (χ1n) is 6.42. The number of hydrogen-bond donors (Lipinski definition) is 3. The van der Waals surface area contributed by atoms with Crippen molar-refractivity contribution < 1.29 is 19.8 Å². The molecule has 0 aliphatic heterocycles. The Bertz CT molecular complexity index is 258. The summed E-state index contributed by atoms with van der Waals surface area (Å²) in [6, 6.07) is 0. The van der Waals surface area contributed by atoms with Crippen LogP contribution in [0.3, 0.4) is 0 Å². The van der Waals surface area contributed by atoms with Gasteiger partial charge >= 0.3 is 0 Å². The third-order valence-electron chi connectivity index (χ3n) is 2.52. The van der Waals surface area contributed by atoms with Gasteiger partial charge in [-0.15, -0.1) is 0 Å². The molecule has 0 atom stereocenters.